The standard InChI is InChI=1S/C13H17ClN2O2/c14-11-2-1-10(7-12(11)15)13(17)16-5-3-9-4-6-18-8-9/h1-2,7,9H,3-6,8,15H2,(H,16,17). The zero-order chi connectivity index (χ0) is 13.0. The molecule has 1 atom stereocenters. The zero-order valence-electron chi connectivity index (χ0n) is 10.1. The number of nitrogens with one attached hydrogen (secondary N) is 1. The SMILES string of the molecule is Nc1cc(C(=O)NCCC2CCOC2)ccc1Cl. The molecule has 0 saturated carbocycles. The molecule has 0 aliphatic carbocycles. The van der Waals surface area contributed by atoms with Crippen molar-refractivity contribution in [2.24, 2.45) is 5.92 Å². The van der Waals surface area contributed by atoms with Crippen LogP contribution in [0.3, 0.4) is 0 Å². The van der Waals surface area contributed by atoms with Crippen molar-refractivity contribution in [3.8, 4) is 0 Å². The number of anilines is 1. The Kier molecular flexibility index (Phi) is 4.44. The Morgan fingerprint density at radius 2 is 2.39 bits per heavy atom. The molecule has 1 saturated heterocycles. The van der Waals surface area contributed by atoms with E-state index in [-0.39, 0.29) is 5.91 Å². The summed E-state index contributed by atoms with van der Waals surface area (Å²) in [6.45, 7) is 2.31. The van der Waals surface area contributed by atoms with Crippen molar-refractivity contribution in [1.82, 2.24) is 5.32 Å². The predicted molar refractivity (Wildman–Crippen MR) is 71.7 cm³/mol. The van der Waals surface area contributed by atoms with Crippen LogP contribution < -0.4 is 11.1 Å². The van der Waals surface area contributed by atoms with Crippen molar-refractivity contribution in [1.29, 1.82) is 0 Å². The summed E-state index contributed by atoms with van der Waals surface area (Å²) in [6.07, 6.45) is 2.04. The van der Waals surface area contributed by atoms with Crippen molar-refractivity contribution in [2.45, 2.75) is 12.8 Å². The van der Waals surface area contributed by atoms with Crippen LogP contribution in [0.5, 0.6) is 0 Å². The molecule has 1 aliphatic heterocycles. The van der Waals surface area contributed by atoms with Crippen LogP contribution in [-0.4, -0.2) is 25.7 Å². The van der Waals surface area contributed by atoms with Gasteiger partial charge < -0.3 is 15.8 Å². The first-order valence-electron chi connectivity index (χ1n) is 6.08. The summed E-state index contributed by atoms with van der Waals surface area (Å²) in [7, 11) is 0. The topological polar surface area (TPSA) is 64.4 Å². The van der Waals surface area contributed by atoms with Crippen molar-refractivity contribution in [3.05, 3.63) is 28.8 Å². The third kappa shape index (κ3) is 3.37. The molecule has 1 aromatic carbocycles. The van der Waals surface area contributed by atoms with Crippen LogP contribution in [-0.2, 0) is 4.74 Å². The van der Waals surface area contributed by atoms with E-state index in [1.165, 1.54) is 0 Å². The van der Waals surface area contributed by atoms with Crippen LogP contribution in [0.2, 0.25) is 5.02 Å². The van der Waals surface area contributed by atoms with Gasteiger partial charge in [-0.25, -0.2) is 0 Å². The maximum atomic E-state index is 11.8. The first kappa shape index (κ1) is 13.2. The average molecular weight is 269 g/mol. The minimum Gasteiger partial charge on any atom is -0.398 e. The molecule has 0 radical (unpaired) electrons. The molecule has 2 rings (SSSR count). The third-order valence-electron chi connectivity index (χ3n) is 3.12. The summed E-state index contributed by atoms with van der Waals surface area (Å²) in [5.41, 5.74) is 6.62. The highest BCUT2D eigenvalue weighted by Gasteiger charge is 2.15. The highest BCUT2D eigenvalue weighted by molar-refractivity contribution is 6.33. The Hall–Kier alpha value is -1.26. The predicted octanol–water partition coefficient (Wildman–Crippen LogP) is 2.08. The van der Waals surface area contributed by atoms with Gasteiger partial charge in [0.05, 0.1) is 10.7 Å². The van der Waals surface area contributed by atoms with Crippen LogP contribution in [0.4, 0.5) is 5.69 Å². The number of nitrogens with two attached hydrogens (primary N) is 1. The number of halogens is 1. The van der Waals surface area contributed by atoms with Gasteiger partial charge in [-0.2, -0.15) is 0 Å². The molecule has 0 spiro atoms. The van der Waals surface area contributed by atoms with E-state index in [9.17, 15) is 4.79 Å². The monoisotopic (exact) mass is 268 g/mol. The Morgan fingerprint density at radius 1 is 1.56 bits per heavy atom. The van der Waals surface area contributed by atoms with Crippen molar-refractivity contribution in [2.75, 3.05) is 25.5 Å². The molecule has 1 heterocycles. The van der Waals surface area contributed by atoms with Gasteiger partial charge in [-0.3, -0.25) is 4.79 Å². The molecule has 1 fully saturated rings. The lowest BCUT2D eigenvalue weighted by molar-refractivity contribution is 0.0950. The second kappa shape index (κ2) is 6.07. The maximum absolute atomic E-state index is 11.8. The molecule has 0 bridgehead atoms. The van der Waals surface area contributed by atoms with Crippen LogP contribution in [0, 0.1) is 5.92 Å². The van der Waals surface area contributed by atoms with E-state index in [0.717, 1.165) is 26.1 Å². The van der Waals surface area contributed by atoms with E-state index in [0.29, 0.717) is 28.7 Å². The lowest BCUT2D eigenvalue weighted by atomic mass is 10.1. The molecule has 3 N–H and O–H groups in total. The number of amides is 1. The summed E-state index contributed by atoms with van der Waals surface area (Å²) in [6, 6.07) is 4.90. The van der Waals surface area contributed by atoms with Gasteiger partial charge in [-0.15, -0.1) is 0 Å². The average Bonchev–Trinajstić information content (AvgIpc) is 2.85. The molecule has 0 aromatic heterocycles. The van der Waals surface area contributed by atoms with Gasteiger partial charge in [0.2, 0.25) is 0 Å². The van der Waals surface area contributed by atoms with Crippen LogP contribution in [0.15, 0.2) is 18.2 Å². The summed E-state index contributed by atoms with van der Waals surface area (Å²) >= 11 is 5.81. The van der Waals surface area contributed by atoms with Gasteiger partial charge in [-0.1, -0.05) is 11.6 Å². The Bertz CT molecular complexity index is 431. The molecule has 1 amide bonds. The fraction of sp³-hybridized carbons (Fsp3) is 0.462. The first-order valence-corrected chi connectivity index (χ1v) is 6.45. The number of carbonyl (C=O) groups excluding carboxylic acids is 1. The van der Waals surface area contributed by atoms with Gasteiger partial charge in [0.25, 0.3) is 5.91 Å². The molecule has 1 unspecified atom stereocenters. The molecule has 18 heavy (non-hydrogen) atoms. The van der Waals surface area contributed by atoms with E-state index in [4.69, 9.17) is 22.1 Å². The van der Waals surface area contributed by atoms with Gasteiger partial charge in [0.1, 0.15) is 0 Å². The fourth-order valence-electron chi connectivity index (χ4n) is 1.99. The number of hydrogen-bond acceptors (Lipinski definition) is 3. The minimum atomic E-state index is -0.114. The minimum absolute atomic E-state index is 0.114. The summed E-state index contributed by atoms with van der Waals surface area (Å²) in [5, 5.41) is 3.35. The third-order valence-corrected chi connectivity index (χ3v) is 3.46. The van der Waals surface area contributed by atoms with Crippen molar-refractivity contribution < 1.29 is 9.53 Å². The maximum Gasteiger partial charge on any atom is 0.251 e. The highest BCUT2D eigenvalue weighted by atomic mass is 35.5. The number of ether oxygens (including phenoxy) is 1. The van der Waals surface area contributed by atoms with Crippen LogP contribution in [0.1, 0.15) is 23.2 Å². The lowest BCUT2D eigenvalue weighted by Gasteiger charge is -2.09. The van der Waals surface area contributed by atoms with Gasteiger partial charge in [0.15, 0.2) is 0 Å². The lowest BCUT2D eigenvalue weighted by Crippen LogP contribution is -2.26. The molecule has 1 aromatic rings. The molecular formula is C13H17ClN2O2. The summed E-state index contributed by atoms with van der Waals surface area (Å²) < 4.78 is 5.28. The highest BCUT2D eigenvalue weighted by Crippen LogP contribution is 2.19. The number of carbonyl (C=O) groups is 1. The Balaban J connectivity index is 1.81. The van der Waals surface area contributed by atoms with Gasteiger partial charge >= 0.3 is 0 Å². The van der Waals surface area contributed by atoms with E-state index >= 15 is 0 Å². The van der Waals surface area contributed by atoms with E-state index < -0.39 is 0 Å². The fourth-order valence-corrected chi connectivity index (χ4v) is 2.11. The van der Waals surface area contributed by atoms with E-state index in [2.05, 4.69) is 5.32 Å². The first-order chi connectivity index (χ1) is 8.66. The van der Waals surface area contributed by atoms with E-state index in [1.54, 1.807) is 18.2 Å². The van der Waals surface area contributed by atoms with Crippen LogP contribution >= 0.6 is 11.6 Å². The quantitative estimate of drug-likeness (QED) is 0.822. The molecule has 98 valence electrons. The number of rotatable bonds is 4. The van der Waals surface area contributed by atoms with Crippen LogP contribution in [0.25, 0.3) is 0 Å². The summed E-state index contributed by atoms with van der Waals surface area (Å²) in [5.74, 6) is 0.456. The smallest absolute Gasteiger partial charge is 0.251 e. The molecule has 5 heteroatoms. The molecular weight excluding hydrogens is 252 g/mol. The Morgan fingerprint density at radius 3 is 3.06 bits per heavy atom. The van der Waals surface area contributed by atoms with Crippen molar-refractivity contribution >= 4 is 23.2 Å². The molecule has 4 nitrogen and oxygen atoms in total. The second-order valence-corrected chi connectivity index (χ2v) is 4.92. The zero-order valence-corrected chi connectivity index (χ0v) is 10.9. The number of benzene rings is 1. The number of hydrogen-bond donors (Lipinski definition) is 2. The van der Waals surface area contributed by atoms with Gasteiger partial charge in [0, 0.05) is 25.3 Å². The number of nitrogen functional groups attached to an aromatic ring is 1. The summed E-state index contributed by atoms with van der Waals surface area (Å²) in [4.78, 5) is 11.8. The largest absolute Gasteiger partial charge is 0.398 e. The normalized spacial score (nSPS) is 18.8. The van der Waals surface area contributed by atoms with Gasteiger partial charge in [-0.05, 0) is 37.0 Å². The van der Waals surface area contributed by atoms with E-state index in [1.807, 2.05) is 0 Å². The molecule has 1 aliphatic rings. The van der Waals surface area contributed by atoms with Crippen molar-refractivity contribution in [3.63, 3.8) is 0 Å². The second-order valence-electron chi connectivity index (χ2n) is 4.51. The Labute approximate surface area is 111 Å².